The zero-order chi connectivity index (χ0) is 15.0. The van der Waals surface area contributed by atoms with Crippen LogP contribution in [0.3, 0.4) is 0 Å². The predicted molar refractivity (Wildman–Crippen MR) is 75.5 cm³/mol. The molecule has 1 aliphatic rings. The zero-order valence-corrected chi connectivity index (χ0v) is 11.4. The monoisotopic (exact) mass is 304 g/mol. The van der Waals surface area contributed by atoms with Crippen molar-refractivity contribution < 1.29 is 18.8 Å². The summed E-state index contributed by atoms with van der Waals surface area (Å²) in [7, 11) is 0. The molecule has 6 nitrogen and oxygen atoms in total. The Hall–Kier alpha value is -2.60. The van der Waals surface area contributed by atoms with Gasteiger partial charge in [0.1, 0.15) is 6.42 Å². The van der Waals surface area contributed by atoms with E-state index in [0.717, 1.165) is 0 Å². The minimum Gasteiger partial charge on any atom is -0.441 e. The van der Waals surface area contributed by atoms with E-state index in [1.54, 1.807) is 6.07 Å². The van der Waals surface area contributed by atoms with E-state index in [0.29, 0.717) is 16.9 Å². The molecule has 2 aromatic rings. The molecule has 0 saturated heterocycles. The van der Waals surface area contributed by atoms with Crippen molar-refractivity contribution in [2.75, 3.05) is 10.6 Å². The second kappa shape index (κ2) is 5.06. The second-order valence-electron chi connectivity index (χ2n) is 4.47. The molecule has 0 spiro atoms. The van der Waals surface area contributed by atoms with Crippen molar-refractivity contribution in [1.29, 1.82) is 0 Å². The van der Waals surface area contributed by atoms with Gasteiger partial charge >= 0.3 is 0 Å². The number of nitrogens with one attached hydrogen (secondary N) is 2. The number of hydrogen-bond acceptors (Lipinski definition) is 4. The quantitative estimate of drug-likeness (QED) is 0.659. The van der Waals surface area contributed by atoms with Gasteiger partial charge in [0.05, 0.1) is 11.4 Å². The molecule has 0 bridgehead atoms. The summed E-state index contributed by atoms with van der Waals surface area (Å²) in [6, 6.07) is 7.51. The Morgan fingerprint density at radius 3 is 2.43 bits per heavy atom. The van der Waals surface area contributed by atoms with Crippen LogP contribution in [0.5, 0.6) is 0 Å². The molecule has 1 aliphatic heterocycles. The number of carbonyl (C=O) groups excluding carboxylic acids is 3. The van der Waals surface area contributed by atoms with Gasteiger partial charge in [0.15, 0.2) is 11.0 Å². The van der Waals surface area contributed by atoms with E-state index >= 15 is 0 Å². The molecule has 1 aromatic heterocycles. The lowest BCUT2D eigenvalue weighted by Crippen LogP contribution is -2.16. The summed E-state index contributed by atoms with van der Waals surface area (Å²) in [5, 5.41) is 5.28. The molecule has 0 saturated carbocycles. The van der Waals surface area contributed by atoms with E-state index in [1.165, 1.54) is 24.3 Å². The van der Waals surface area contributed by atoms with Crippen molar-refractivity contribution in [2.24, 2.45) is 0 Å². The van der Waals surface area contributed by atoms with Gasteiger partial charge in [0, 0.05) is 5.56 Å². The fourth-order valence-electron chi connectivity index (χ4n) is 2.01. The third-order valence-corrected chi connectivity index (χ3v) is 3.15. The van der Waals surface area contributed by atoms with Crippen LogP contribution in [0, 0.1) is 0 Å². The molecule has 0 radical (unpaired) electrons. The summed E-state index contributed by atoms with van der Waals surface area (Å²) in [6.45, 7) is 0. The molecule has 2 heterocycles. The third-order valence-electron chi connectivity index (χ3n) is 2.95. The van der Waals surface area contributed by atoms with Crippen LogP contribution >= 0.6 is 11.6 Å². The van der Waals surface area contributed by atoms with Crippen molar-refractivity contribution >= 4 is 40.6 Å². The van der Waals surface area contributed by atoms with Crippen LogP contribution < -0.4 is 10.6 Å². The number of benzene rings is 1. The van der Waals surface area contributed by atoms with Crippen molar-refractivity contribution in [3.63, 3.8) is 0 Å². The van der Waals surface area contributed by atoms with Crippen molar-refractivity contribution in [3.05, 3.63) is 46.9 Å². The molecule has 2 N–H and O–H groups in total. The first-order valence-corrected chi connectivity index (χ1v) is 6.44. The van der Waals surface area contributed by atoms with Crippen LogP contribution in [0.4, 0.5) is 11.4 Å². The first kappa shape index (κ1) is 13.4. The Morgan fingerprint density at radius 2 is 1.76 bits per heavy atom. The van der Waals surface area contributed by atoms with Gasteiger partial charge in [0.2, 0.25) is 17.6 Å². The maximum atomic E-state index is 12.2. The lowest BCUT2D eigenvalue weighted by molar-refractivity contribution is -0.123. The first-order chi connectivity index (χ1) is 10.0. The van der Waals surface area contributed by atoms with Gasteiger partial charge in [-0.3, -0.25) is 14.4 Å². The fraction of sp³-hybridized carbons (Fsp3) is 0.0714. The van der Waals surface area contributed by atoms with Crippen molar-refractivity contribution in [2.45, 2.75) is 6.42 Å². The van der Waals surface area contributed by atoms with E-state index < -0.39 is 11.8 Å². The number of halogens is 1. The van der Waals surface area contributed by atoms with Crippen LogP contribution in [0.2, 0.25) is 5.22 Å². The van der Waals surface area contributed by atoms with E-state index in [2.05, 4.69) is 10.6 Å². The fourth-order valence-corrected chi connectivity index (χ4v) is 2.16. The molecular formula is C14H9ClN2O4. The van der Waals surface area contributed by atoms with E-state index in [9.17, 15) is 14.4 Å². The first-order valence-electron chi connectivity index (χ1n) is 6.07. The highest BCUT2D eigenvalue weighted by Crippen LogP contribution is 2.27. The molecule has 0 aliphatic carbocycles. The van der Waals surface area contributed by atoms with E-state index in [4.69, 9.17) is 16.0 Å². The molecule has 21 heavy (non-hydrogen) atoms. The van der Waals surface area contributed by atoms with Gasteiger partial charge in [-0.15, -0.1) is 0 Å². The number of ketones is 1. The normalized spacial score (nSPS) is 14.0. The molecule has 2 amide bonds. The van der Waals surface area contributed by atoms with E-state index in [1.807, 2.05) is 0 Å². The SMILES string of the molecule is O=C1CC(=O)Nc2cc(C(=O)c3ccc(Cl)o3)ccc2N1. The smallest absolute Gasteiger partial charge is 0.233 e. The molecule has 0 unspecified atom stereocenters. The molecule has 3 rings (SSSR count). The van der Waals surface area contributed by atoms with Gasteiger partial charge in [-0.1, -0.05) is 0 Å². The highest BCUT2D eigenvalue weighted by atomic mass is 35.5. The topological polar surface area (TPSA) is 88.4 Å². The summed E-state index contributed by atoms with van der Waals surface area (Å²) < 4.78 is 5.07. The lowest BCUT2D eigenvalue weighted by Gasteiger charge is -2.08. The van der Waals surface area contributed by atoms with Crippen molar-refractivity contribution in [1.82, 2.24) is 0 Å². The maximum Gasteiger partial charge on any atom is 0.233 e. The highest BCUT2D eigenvalue weighted by Gasteiger charge is 2.20. The highest BCUT2D eigenvalue weighted by molar-refractivity contribution is 6.29. The van der Waals surface area contributed by atoms with Crippen LogP contribution in [0.25, 0.3) is 0 Å². The summed E-state index contributed by atoms with van der Waals surface area (Å²) >= 11 is 5.64. The molecule has 0 atom stereocenters. The van der Waals surface area contributed by atoms with Crippen molar-refractivity contribution in [3.8, 4) is 0 Å². The molecular weight excluding hydrogens is 296 g/mol. The number of anilines is 2. The largest absolute Gasteiger partial charge is 0.441 e. The summed E-state index contributed by atoms with van der Waals surface area (Å²) in [6.07, 6.45) is -0.258. The summed E-state index contributed by atoms with van der Waals surface area (Å²) in [5.74, 6) is -1.10. The minimum atomic E-state index is -0.433. The van der Waals surface area contributed by atoms with Gasteiger partial charge < -0.3 is 15.1 Å². The maximum absolute atomic E-state index is 12.2. The molecule has 1 aromatic carbocycles. The summed E-state index contributed by atoms with van der Waals surface area (Å²) in [4.78, 5) is 35.2. The Balaban J connectivity index is 1.97. The molecule has 7 heteroatoms. The van der Waals surface area contributed by atoms with E-state index in [-0.39, 0.29) is 23.2 Å². The number of rotatable bonds is 2. The number of fused-ring (bicyclic) bond motifs is 1. The molecule has 0 fully saturated rings. The van der Waals surface area contributed by atoms with Gasteiger partial charge in [0.25, 0.3) is 0 Å². The lowest BCUT2D eigenvalue weighted by atomic mass is 10.1. The van der Waals surface area contributed by atoms with Gasteiger partial charge in [-0.2, -0.15) is 0 Å². The van der Waals surface area contributed by atoms with Gasteiger partial charge in [-0.05, 0) is 41.9 Å². The Labute approximate surface area is 124 Å². The van der Waals surface area contributed by atoms with Crippen LogP contribution in [-0.2, 0) is 9.59 Å². The minimum absolute atomic E-state index is 0.101. The second-order valence-corrected chi connectivity index (χ2v) is 4.84. The number of hydrogen-bond donors (Lipinski definition) is 2. The third kappa shape index (κ3) is 2.66. The number of furan rings is 1. The van der Waals surface area contributed by atoms with Gasteiger partial charge in [-0.25, -0.2) is 0 Å². The molecule has 106 valence electrons. The Bertz CT molecular complexity index is 766. The van der Waals surface area contributed by atoms with Crippen LogP contribution in [0.1, 0.15) is 22.5 Å². The average molecular weight is 305 g/mol. The predicted octanol–water partition coefficient (Wildman–Crippen LogP) is 2.44. The number of carbonyl (C=O) groups is 3. The van der Waals surface area contributed by atoms with Crippen LogP contribution in [0.15, 0.2) is 34.7 Å². The average Bonchev–Trinajstić information content (AvgIpc) is 2.79. The summed E-state index contributed by atoms with van der Waals surface area (Å²) in [5.41, 5.74) is 1.13. The number of amides is 2. The standard InChI is InChI=1S/C14H9ClN2O4/c15-11-4-3-10(21-11)14(20)7-1-2-8-9(5-7)17-13(19)6-12(18)16-8/h1-5H,6H2,(H,16,18)(H,17,19). The van der Waals surface area contributed by atoms with Crippen LogP contribution in [-0.4, -0.2) is 17.6 Å². The zero-order valence-electron chi connectivity index (χ0n) is 10.6. The Morgan fingerprint density at radius 1 is 1.05 bits per heavy atom. The Kier molecular flexibility index (Phi) is 3.23.